The Morgan fingerprint density at radius 1 is 1.50 bits per heavy atom. The second kappa shape index (κ2) is 5.54. The van der Waals surface area contributed by atoms with Gasteiger partial charge < -0.3 is 19.1 Å². The molecule has 6 heteroatoms. The molecule has 1 aromatic rings. The normalized spacial score (nSPS) is 22.4. The lowest BCUT2D eigenvalue weighted by molar-refractivity contribution is -0.142. The SMILES string of the molecule is CN(C)Cc1cn2c(n1)CN(C(=O)[C@@H]1CCCO1)CC2. The number of carbonyl (C=O) groups excluding carboxylic acids is 1. The maximum absolute atomic E-state index is 12.4. The number of hydrogen-bond donors (Lipinski definition) is 0. The Bertz CT molecular complexity index is 491. The van der Waals surface area contributed by atoms with Crippen LogP contribution in [-0.4, -0.2) is 58.6 Å². The van der Waals surface area contributed by atoms with Gasteiger partial charge in [-0.3, -0.25) is 4.79 Å². The first-order valence-corrected chi connectivity index (χ1v) is 7.23. The summed E-state index contributed by atoms with van der Waals surface area (Å²) in [7, 11) is 4.07. The molecule has 0 radical (unpaired) electrons. The first-order valence-electron chi connectivity index (χ1n) is 7.23. The highest BCUT2D eigenvalue weighted by molar-refractivity contribution is 5.81. The average molecular weight is 278 g/mol. The van der Waals surface area contributed by atoms with Gasteiger partial charge in [0.15, 0.2) is 0 Å². The fourth-order valence-electron chi connectivity index (χ4n) is 2.88. The molecule has 3 heterocycles. The van der Waals surface area contributed by atoms with Crippen molar-refractivity contribution in [2.24, 2.45) is 0 Å². The Hall–Kier alpha value is -1.40. The van der Waals surface area contributed by atoms with E-state index in [0.29, 0.717) is 13.2 Å². The molecule has 1 amide bonds. The maximum atomic E-state index is 12.4. The molecule has 1 saturated heterocycles. The van der Waals surface area contributed by atoms with E-state index in [1.54, 1.807) is 0 Å². The van der Waals surface area contributed by atoms with Crippen LogP contribution in [-0.2, 0) is 29.2 Å². The van der Waals surface area contributed by atoms with Gasteiger partial charge in [-0.15, -0.1) is 0 Å². The number of amides is 1. The smallest absolute Gasteiger partial charge is 0.252 e. The first kappa shape index (κ1) is 13.6. The number of hydrogen-bond acceptors (Lipinski definition) is 4. The van der Waals surface area contributed by atoms with Gasteiger partial charge in [-0.2, -0.15) is 0 Å². The summed E-state index contributed by atoms with van der Waals surface area (Å²) < 4.78 is 7.65. The van der Waals surface area contributed by atoms with Crippen LogP contribution in [0.25, 0.3) is 0 Å². The molecule has 0 aromatic carbocycles. The van der Waals surface area contributed by atoms with Crippen LogP contribution in [0.3, 0.4) is 0 Å². The van der Waals surface area contributed by atoms with Crippen LogP contribution in [0, 0.1) is 0 Å². The Labute approximate surface area is 119 Å². The van der Waals surface area contributed by atoms with Gasteiger partial charge >= 0.3 is 0 Å². The maximum Gasteiger partial charge on any atom is 0.252 e. The van der Waals surface area contributed by atoms with Gasteiger partial charge in [0.25, 0.3) is 5.91 Å². The van der Waals surface area contributed by atoms with Crippen LogP contribution < -0.4 is 0 Å². The third kappa shape index (κ3) is 2.71. The molecule has 0 spiro atoms. The number of carbonyl (C=O) groups is 1. The second-order valence-corrected chi connectivity index (χ2v) is 5.84. The highest BCUT2D eigenvalue weighted by Crippen LogP contribution is 2.19. The highest BCUT2D eigenvalue weighted by Gasteiger charge is 2.30. The van der Waals surface area contributed by atoms with Gasteiger partial charge in [0.2, 0.25) is 0 Å². The fourth-order valence-corrected chi connectivity index (χ4v) is 2.88. The number of ether oxygens (including phenoxy) is 1. The van der Waals surface area contributed by atoms with Crippen molar-refractivity contribution in [1.82, 2.24) is 19.4 Å². The molecular weight excluding hydrogens is 256 g/mol. The fraction of sp³-hybridized carbons (Fsp3) is 0.714. The van der Waals surface area contributed by atoms with E-state index < -0.39 is 0 Å². The average Bonchev–Trinajstić information content (AvgIpc) is 3.04. The predicted molar refractivity (Wildman–Crippen MR) is 74.0 cm³/mol. The van der Waals surface area contributed by atoms with Crippen molar-refractivity contribution < 1.29 is 9.53 Å². The van der Waals surface area contributed by atoms with Gasteiger partial charge in [0, 0.05) is 32.4 Å². The molecule has 20 heavy (non-hydrogen) atoms. The zero-order valence-electron chi connectivity index (χ0n) is 12.2. The number of imidazole rings is 1. The standard InChI is InChI=1S/C14H22N4O2/c1-16(2)8-11-9-17-5-6-18(10-13(17)15-11)14(19)12-4-3-7-20-12/h9,12H,3-8,10H2,1-2H3/t12-/m0/s1. The van der Waals surface area contributed by atoms with Gasteiger partial charge in [-0.25, -0.2) is 4.98 Å². The van der Waals surface area contributed by atoms with Crippen molar-refractivity contribution in [3.63, 3.8) is 0 Å². The number of nitrogens with zero attached hydrogens (tertiary/aromatic N) is 4. The lowest BCUT2D eigenvalue weighted by Crippen LogP contribution is -2.43. The van der Waals surface area contributed by atoms with E-state index in [2.05, 4.69) is 20.6 Å². The Morgan fingerprint density at radius 2 is 2.35 bits per heavy atom. The Balaban J connectivity index is 1.68. The van der Waals surface area contributed by atoms with Crippen LogP contribution in [0.5, 0.6) is 0 Å². The van der Waals surface area contributed by atoms with E-state index >= 15 is 0 Å². The van der Waals surface area contributed by atoms with Gasteiger partial charge in [-0.1, -0.05) is 0 Å². The molecule has 0 aliphatic carbocycles. The molecule has 1 fully saturated rings. The molecule has 0 N–H and O–H groups in total. The van der Waals surface area contributed by atoms with Crippen molar-refractivity contribution in [3.05, 3.63) is 17.7 Å². The topological polar surface area (TPSA) is 50.6 Å². The lowest BCUT2D eigenvalue weighted by atomic mass is 10.2. The van der Waals surface area contributed by atoms with Gasteiger partial charge in [-0.05, 0) is 26.9 Å². The second-order valence-electron chi connectivity index (χ2n) is 5.84. The summed E-state index contributed by atoms with van der Waals surface area (Å²) in [6.07, 6.45) is 3.72. The summed E-state index contributed by atoms with van der Waals surface area (Å²) in [5.41, 5.74) is 1.07. The van der Waals surface area contributed by atoms with Gasteiger partial charge in [0.1, 0.15) is 11.9 Å². The zero-order valence-corrected chi connectivity index (χ0v) is 12.2. The van der Waals surface area contributed by atoms with Crippen LogP contribution in [0.1, 0.15) is 24.4 Å². The summed E-state index contributed by atoms with van der Waals surface area (Å²) in [6, 6.07) is 0. The third-order valence-electron chi connectivity index (χ3n) is 3.85. The minimum absolute atomic E-state index is 0.130. The minimum Gasteiger partial charge on any atom is -0.368 e. The summed E-state index contributed by atoms with van der Waals surface area (Å²) in [5.74, 6) is 1.12. The molecular formula is C14H22N4O2. The van der Waals surface area contributed by atoms with Gasteiger partial charge in [0.05, 0.1) is 12.2 Å². The van der Waals surface area contributed by atoms with E-state index in [-0.39, 0.29) is 12.0 Å². The monoisotopic (exact) mass is 278 g/mol. The molecule has 1 atom stereocenters. The summed E-state index contributed by atoms with van der Waals surface area (Å²) in [4.78, 5) is 21.0. The Kier molecular flexibility index (Phi) is 3.76. The molecule has 1 aromatic heterocycles. The van der Waals surface area contributed by atoms with E-state index in [4.69, 9.17) is 4.74 Å². The van der Waals surface area contributed by atoms with E-state index in [0.717, 1.165) is 44.0 Å². The summed E-state index contributed by atoms with van der Waals surface area (Å²) >= 11 is 0. The first-order chi connectivity index (χ1) is 9.63. The zero-order chi connectivity index (χ0) is 14.1. The predicted octanol–water partition coefficient (Wildman–Crippen LogP) is 0.466. The van der Waals surface area contributed by atoms with Crippen molar-refractivity contribution in [3.8, 4) is 0 Å². The minimum atomic E-state index is -0.224. The number of fused-ring (bicyclic) bond motifs is 1. The number of rotatable bonds is 3. The number of aromatic nitrogens is 2. The molecule has 6 nitrogen and oxygen atoms in total. The molecule has 2 aliphatic rings. The third-order valence-corrected chi connectivity index (χ3v) is 3.85. The molecule has 3 rings (SSSR count). The van der Waals surface area contributed by atoms with Crippen LogP contribution >= 0.6 is 0 Å². The van der Waals surface area contributed by atoms with Crippen molar-refractivity contribution >= 4 is 5.91 Å². The van der Waals surface area contributed by atoms with Crippen molar-refractivity contribution in [2.75, 3.05) is 27.2 Å². The largest absolute Gasteiger partial charge is 0.368 e. The van der Waals surface area contributed by atoms with E-state index in [1.807, 2.05) is 19.0 Å². The van der Waals surface area contributed by atoms with Crippen molar-refractivity contribution in [2.45, 2.75) is 38.6 Å². The molecule has 0 bridgehead atoms. The lowest BCUT2D eigenvalue weighted by Gasteiger charge is -2.29. The molecule has 0 saturated carbocycles. The van der Waals surface area contributed by atoms with Crippen LogP contribution in [0.4, 0.5) is 0 Å². The van der Waals surface area contributed by atoms with Crippen LogP contribution in [0.2, 0.25) is 0 Å². The van der Waals surface area contributed by atoms with E-state index in [9.17, 15) is 4.79 Å². The van der Waals surface area contributed by atoms with Crippen LogP contribution in [0.15, 0.2) is 6.20 Å². The molecule has 110 valence electrons. The summed E-state index contributed by atoms with van der Waals surface area (Å²) in [6.45, 7) is 3.73. The molecule has 0 unspecified atom stereocenters. The summed E-state index contributed by atoms with van der Waals surface area (Å²) in [5, 5.41) is 0. The quantitative estimate of drug-likeness (QED) is 0.806. The van der Waals surface area contributed by atoms with E-state index in [1.165, 1.54) is 0 Å². The highest BCUT2D eigenvalue weighted by atomic mass is 16.5. The van der Waals surface area contributed by atoms with Crippen molar-refractivity contribution in [1.29, 1.82) is 0 Å². The molecule has 2 aliphatic heterocycles. The Morgan fingerprint density at radius 3 is 3.05 bits per heavy atom.